The van der Waals surface area contributed by atoms with E-state index < -0.39 is 0 Å². The van der Waals surface area contributed by atoms with Crippen molar-refractivity contribution in [3.8, 4) is 5.75 Å². The molecule has 1 fully saturated rings. The molecule has 0 spiro atoms. The van der Waals surface area contributed by atoms with Crippen LogP contribution in [-0.4, -0.2) is 44.1 Å². The van der Waals surface area contributed by atoms with Crippen molar-refractivity contribution >= 4 is 11.4 Å². The fraction of sp³-hybridized carbons (Fsp3) is 0.538. The van der Waals surface area contributed by atoms with E-state index in [2.05, 4.69) is 4.90 Å². The van der Waals surface area contributed by atoms with Crippen LogP contribution >= 0.6 is 0 Å². The number of nitrogens with zero attached hydrogens (tertiary/aromatic N) is 1. The highest BCUT2D eigenvalue weighted by Gasteiger charge is 2.25. The molecule has 1 aromatic rings. The van der Waals surface area contributed by atoms with Gasteiger partial charge in [0.2, 0.25) is 0 Å². The van der Waals surface area contributed by atoms with Gasteiger partial charge in [-0.15, -0.1) is 0 Å². The number of benzene rings is 1. The van der Waals surface area contributed by atoms with Crippen molar-refractivity contribution < 1.29 is 14.6 Å². The lowest BCUT2D eigenvalue weighted by Crippen LogP contribution is -2.48. The number of rotatable bonds is 3. The number of hydrogen-bond donors (Lipinski definition) is 2. The van der Waals surface area contributed by atoms with Crippen molar-refractivity contribution in [1.29, 1.82) is 0 Å². The van der Waals surface area contributed by atoms with Crippen molar-refractivity contribution in [2.75, 3.05) is 37.4 Å². The maximum absolute atomic E-state index is 9.22. The minimum absolute atomic E-state index is 0.0247. The Kier molecular flexibility index (Phi) is 3.93. The summed E-state index contributed by atoms with van der Waals surface area (Å²) in [5, 5.41) is 9.22. The molecule has 1 aliphatic rings. The van der Waals surface area contributed by atoms with Gasteiger partial charge in [0.05, 0.1) is 37.3 Å². The van der Waals surface area contributed by atoms with Crippen LogP contribution in [0, 0.1) is 0 Å². The van der Waals surface area contributed by atoms with E-state index in [-0.39, 0.29) is 18.8 Å². The largest absolute Gasteiger partial charge is 0.497 e. The summed E-state index contributed by atoms with van der Waals surface area (Å²) in [5.41, 5.74) is 7.68. The first kappa shape index (κ1) is 13.0. The molecule has 1 heterocycles. The Balaban J connectivity index is 2.19. The summed E-state index contributed by atoms with van der Waals surface area (Å²) in [4.78, 5) is 2.14. The standard InChI is InChI=1S/C13H20N2O3/c1-9-6-15(7-11(8-16)18-9)13-4-3-10(17-2)5-12(13)14/h3-5,9,11,16H,6-8,14H2,1-2H3. The van der Waals surface area contributed by atoms with Crippen LogP contribution in [0.15, 0.2) is 18.2 Å². The molecule has 2 rings (SSSR count). The Bertz CT molecular complexity index is 411. The van der Waals surface area contributed by atoms with E-state index in [1.54, 1.807) is 7.11 Å². The number of nitrogens with two attached hydrogens (primary N) is 1. The predicted octanol–water partition coefficient (Wildman–Crippen LogP) is 0.863. The van der Waals surface area contributed by atoms with Gasteiger partial charge in [-0.1, -0.05) is 0 Å². The second-order valence-corrected chi connectivity index (χ2v) is 4.58. The Morgan fingerprint density at radius 2 is 2.28 bits per heavy atom. The van der Waals surface area contributed by atoms with Crippen LogP contribution in [0.1, 0.15) is 6.92 Å². The molecule has 0 radical (unpaired) electrons. The average Bonchev–Trinajstić information content (AvgIpc) is 2.37. The van der Waals surface area contributed by atoms with Crippen LogP contribution < -0.4 is 15.4 Å². The molecule has 0 saturated carbocycles. The number of morpholine rings is 1. The van der Waals surface area contributed by atoms with Crippen LogP contribution in [0.3, 0.4) is 0 Å². The molecule has 2 atom stereocenters. The third kappa shape index (κ3) is 2.68. The molecule has 0 aromatic heterocycles. The van der Waals surface area contributed by atoms with E-state index in [4.69, 9.17) is 15.2 Å². The fourth-order valence-corrected chi connectivity index (χ4v) is 2.29. The van der Waals surface area contributed by atoms with Crippen molar-refractivity contribution in [2.45, 2.75) is 19.1 Å². The van der Waals surface area contributed by atoms with Gasteiger partial charge in [-0.25, -0.2) is 0 Å². The Morgan fingerprint density at radius 1 is 1.50 bits per heavy atom. The summed E-state index contributed by atoms with van der Waals surface area (Å²) >= 11 is 0. The van der Waals surface area contributed by atoms with E-state index in [0.717, 1.165) is 18.0 Å². The molecule has 5 nitrogen and oxygen atoms in total. The number of ether oxygens (including phenoxy) is 2. The minimum atomic E-state index is -0.157. The smallest absolute Gasteiger partial charge is 0.121 e. The molecule has 1 aromatic carbocycles. The summed E-state index contributed by atoms with van der Waals surface area (Å²) in [6.07, 6.45) is -0.0762. The zero-order valence-electron chi connectivity index (χ0n) is 10.8. The van der Waals surface area contributed by atoms with Crippen molar-refractivity contribution in [3.63, 3.8) is 0 Å². The van der Waals surface area contributed by atoms with Gasteiger partial charge in [0.15, 0.2) is 0 Å². The molecule has 3 N–H and O–H groups in total. The van der Waals surface area contributed by atoms with E-state index in [1.807, 2.05) is 25.1 Å². The molecule has 1 saturated heterocycles. The Hall–Kier alpha value is -1.46. The molecule has 18 heavy (non-hydrogen) atoms. The molecule has 0 bridgehead atoms. The lowest BCUT2D eigenvalue weighted by atomic mass is 10.1. The predicted molar refractivity (Wildman–Crippen MR) is 71.0 cm³/mol. The first-order chi connectivity index (χ1) is 8.63. The molecular weight excluding hydrogens is 232 g/mol. The van der Waals surface area contributed by atoms with Gasteiger partial charge in [-0.2, -0.15) is 0 Å². The van der Waals surface area contributed by atoms with Gasteiger partial charge < -0.3 is 25.2 Å². The fourth-order valence-electron chi connectivity index (χ4n) is 2.29. The molecule has 0 amide bonds. The highest BCUT2D eigenvalue weighted by atomic mass is 16.5. The lowest BCUT2D eigenvalue weighted by molar-refractivity contribution is -0.0420. The third-order valence-electron chi connectivity index (χ3n) is 3.11. The van der Waals surface area contributed by atoms with Crippen LogP contribution in [0.5, 0.6) is 5.75 Å². The zero-order valence-corrected chi connectivity index (χ0v) is 10.8. The molecule has 100 valence electrons. The van der Waals surface area contributed by atoms with E-state index in [0.29, 0.717) is 12.2 Å². The summed E-state index contributed by atoms with van der Waals surface area (Å²) in [6, 6.07) is 5.64. The molecule has 1 aliphatic heterocycles. The van der Waals surface area contributed by atoms with Gasteiger partial charge >= 0.3 is 0 Å². The van der Waals surface area contributed by atoms with Crippen LogP contribution in [0.25, 0.3) is 0 Å². The topological polar surface area (TPSA) is 68.0 Å². The van der Waals surface area contributed by atoms with Gasteiger partial charge in [-0.05, 0) is 19.1 Å². The maximum Gasteiger partial charge on any atom is 0.121 e. The SMILES string of the molecule is COc1ccc(N2CC(C)OC(CO)C2)c(N)c1. The van der Waals surface area contributed by atoms with E-state index in [9.17, 15) is 5.11 Å². The van der Waals surface area contributed by atoms with Gasteiger partial charge in [0, 0.05) is 19.2 Å². The van der Waals surface area contributed by atoms with Crippen molar-refractivity contribution in [2.24, 2.45) is 0 Å². The second kappa shape index (κ2) is 5.46. The number of methoxy groups -OCH3 is 1. The molecule has 2 unspecified atom stereocenters. The zero-order chi connectivity index (χ0) is 13.1. The van der Waals surface area contributed by atoms with E-state index >= 15 is 0 Å². The number of aliphatic hydroxyl groups is 1. The highest BCUT2D eigenvalue weighted by Crippen LogP contribution is 2.29. The van der Waals surface area contributed by atoms with Gasteiger partial charge in [-0.3, -0.25) is 0 Å². The highest BCUT2D eigenvalue weighted by molar-refractivity contribution is 5.69. The van der Waals surface area contributed by atoms with E-state index in [1.165, 1.54) is 0 Å². The monoisotopic (exact) mass is 252 g/mol. The first-order valence-electron chi connectivity index (χ1n) is 6.08. The summed E-state index contributed by atoms with van der Waals surface area (Å²) in [6.45, 7) is 3.44. The molecule has 0 aliphatic carbocycles. The minimum Gasteiger partial charge on any atom is -0.497 e. The van der Waals surface area contributed by atoms with Gasteiger partial charge in [0.1, 0.15) is 5.75 Å². The van der Waals surface area contributed by atoms with Gasteiger partial charge in [0.25, 0.3) is 0 Å². The average molecular weight is 252 g/mol. The lowest BCUT2D eigenvalue weighted by Gasteiger charge is -2.38. The quantitative estimate of drug-likeness (QED) is 0.781. The number of anilines is 2. The van der Waals surface area contributed by atoms with Crippen LogP contribution in [0.2, 0.25) is 0 Å². The number of nitrogen functional groups attached to an aromatic ring is 1. The summed E-state index contributed by atoms with van der Waals surface area (Å²) < 4.78 is 10.8. The van der Waals surface area contributed by atoms with Crippen molar-refractivity contribution in [1.82, 2.24) is 0 Å². The summed E-state index contributed by atoms with van der Waals surface area (Å²) in [7, 11) is 1.62. The van der Waals surface area contributed by atoms with Crippen LogP contribution in [-0.2, 0) is 4.74 Å². The van der Waals surface area contributed by atoms with Crippen LogP contribution in [0.4, 0.5) is 11.4 Å². The normalized spacial score (nSPS) is 24.1. The maximum atomic E-state index is 9.22. The Morgan fingerprint density at radius 3 is 2.89 bits per heavy atom. The third-order valence-corrected chi connectivity index (χ3v) is 3.11. The number of hydrogen-bond acceptors (Lipinski definition) is 5. The number of aliphatic hydroxyl groups excluding tert-OH is 1. The molecule has 5 heteroatoms. The first-order valence-corrected chi connectivity index (χ1v) is 6.08. The second-order valence-electron chi connectivity index (χ2n) is 4.58. The summed E-state index contributed by atoms with van der Waals surface area (Å²) in [5.74, 6) is 0.747. The Labute approximate surface area is 107 Å². The van der Waals surface area contributed by atoms with Crippen molar-refractivity contribution in [3.05, 3.63) is 18.2 Å². The molecular formula is C13H20N2O3.